The first-order valence-corrected chi connectivity index (χ1v) is 8.90. The highest BCUT2D eigenvalue weighted by atomic mass is 15.3. The topological polar surface area (TPSA) is 45.2 Å². The second-order valence-corrected chi connectivity index (χ2v) is 6.64. The van der Waals surface area contributed by atoms with Gasteiger partial charge in [0.1, 0.15) is 0 Å². The second kappa shape index (κ2) is 7.15. The van der Waals surface area contributed by atoms with E-state index in [0.717, 1.165) is 56.2 Å². The molecule has 1 aliphatic rings. The minimum absolute atomic E-state index is 0.946. The molecule has 0 aliphatic carbocycles. The highest BCUT2D eigenvalue weighted by molar-refractivity contribution is 5.81. The summed E-state index contributed by atoms with van der Waals surface area (Å²) in [7, 11) is 0. The Bertz CT molecular complexity index is 841. The quantitative estimate of drug-likeness (QED) is 0.737. The Morgan fingerprint density at radius 3 is 2.72 bits per heavy atom. The van der Waals surface area contributed by atoms with E-state index in [9.17, 15) is 0 Å². The van der Waals surface area contributed by atoms with Gasteiger partial charge in [0.2, 0.25) is 0 Å². The van der Waals surface area contributed by atoms with E-state index in [-0.39, 0.29) is 0 Å². The molecule has 0 radical (unpaired) electrons. The summed E-state index contributed by atoms with van der Waals surface area (Å²) < 4.78 is 0. The van der Waals surface area contributed by atoms with Gasteiger partial charge in [0.15, 0.2) is 5.82 Å². The molecule has 3 aromatic rings. The van der Waals surface area contributed by atoms with E-state index in [0.29, 0.717) is 0 Å². The van der Waals surface area contributed by atoms with E-state index in [2.05, 4.69) is 55.3 Å². The predicted molar refractivity (Wildman–Crippen MR) is 101 cm³/mol. The summed E-state index contributed by atoms with van der Waals surface area (Å²) >= 11 is 0. The molecule has 25 heavy (non-hydrogen) atoms. The van der Waals surface area contributed by atoms with Crippen molar-refractivity contribution in [3.05, 3.63) is 59.9 Å². The normalized spacial score (nSPS) is 16.1. The first-order chi connectivity index (χ1) is 12.3. The maximum absolute atomic E-state index is 4.59. The molecular weight excluding hydrogens is 310 g/mol. The van der Waals surface area contributed by atoms with Gasteiger partial charge in [0.25, 0.3) is 0 Å². The van der Waals surface area contributed by atoms with E-state index < -0.39 is 0 Å². The van der Waals surface area contributed by atoms with Crippen LogP contribution in [0.2, 0.25) is 0 Å². The third kappa shape index (κ3) is 3.61. The summed E-state index contributed by atoms with van der Waals surface area (Å²) in [5, 5.41) is 9.75. The van der Waals surface area contributed by atoms with Crippen LogP contribution in [0, 0.1) is 6.92 Å². The molecule has 5 heteroatoms. The van der Waals surface area contributed by atoms with Gasteiger partial charge in [-0.25, -0.2) is 0 Å². The number of aryl methyl sites for hydroxylation is 1. The number of benzene rings is 1. The molecule has 5 nitrogen and oxygen atoms in total. The average Bonchev–Trinajstić information content (AvgIpc) is 2.88. The van der Waals surface area contributed by atoms with E-state index in [1.807, 2.05) is 25.3 Å². The van der Waals surface area contributed by atoms with Gasteiger partial charge >= 0.3 is 0 Å². The van der Waals surface area contributed by atoms with Gasteiger partial charge in [0.05, 0.1) is 11.2 Å². The van der Waals surface area contributed by atoms with Gasteiger partial charge in [-0.1, -0.05) is 24.3 Å². The van der Waals surface area contributed by atoms with Gasteiger partial charge in [0, 0.05) is 44.3 Å². The van der Waals surface area contributed by atoms with Crippen molar-refractivity contribution in [3.63, 3.8) is 0 Å². The molecule has 0 spiro atoms. The largest absolute Gasteiger partial charge is 0.354 e. The van der Waals surface area contributed by atoms with Crippen molar-refractivity contribution in [1.82, 2.24) is 20.1 Å². The van der Waals surface area contributed by atoms with Crippen LogP contribution in [0.15, 0.2) is 48.7 Å². The summed E-state index contributed by atoms with van der Waals surface area (Å²) in [6.45, 7) is 7.05. The van der Waals surface area contributed by atoms with Gasteiger partial charge < -0.3 is 4.90 Å². The van der Waals surface area contributed by atoms with Crippen LogP contribution in [0.4, 0.5) is 5.82 Å². The minimum Gasteiger partial charge on any atom is -0.354 e. The summed E-state index contributed by atoms with van der Waals surface area (Å²) in [6.07, 6.45) is 3.01. The minimum atomic E-state index is 0.946. The van der Waals surface area contributed by atoms with Crippen molar-refractivity contribution < 1.29 is 0 Å². The van der Waals surface area contributed by atoms with E-state index in [1.54, 1.807) is 0 Å². The summed E-state index contributed by atoms with van der Waals surface area (Å²) in [5.41, 5.74) is 3.39. The van der Waals surface area contributed by atoms with Crippen LogP contribution >= 0.6 is 0 Å². The lowest BCUT2D eigenvalue weighted by atomic mass is 10.1. The Morgan fingerprint density at radius 1 is 0.920 bits per heavy atom. The van der Waals surface area contributed by atoms with Crippen molar-refractivity contribution in [2.45, 2.75) is 19.9 Å². The first-order valence-electron chi connectivity index (χ1n) is 8.90. The zero-order valence-corrected chi connectivity index (χ0v) is 14.6. The van der Waals surface area contributed by atoms with Crippen molar-refractivity contribution in [3.8, 4) is 0 Å². The van der Waals surface area contributed by atoms with E-state index in [4.69, 9.17) is 0 Å². The molecule has 1 saturated heterocycles. The summed E-state index contributed by atoms with van der Waals surface area (Å²) in [4.78, 5) is 9.45. The second-order valence-electron chi connectivity index (χ2n) is 6.64. The fourth-order valence-corrected chi connectivity index (χ4v) is 3.45. The first kappa shape index (κ1) is 16.0. The van der Waals surface area contributed by atoms with Gasteiger partial charge in [-0.3, -0.25) is 9.88 Å². The van der Waals surface area contributed by atoms with Gasteiger partial charge in [-0.2, -0.15) is 5.10 Å². The monoisotopic (exact) mass is 333 g/mol. The third-order valence-electron chi connectivity index (χ3n) is 4.81. The molecule has 0 saturated carbocycles. The van der Waals surface area contributed by atoms with Crippen molar-refractivity contribution in [2.24, 2.45) is 0 Å². The maximum Gasteiger partial charge on any atom is 0.151 e. The molecule has 1 aromatic carbocycles. The smallest absolute Gasteiger partial charge is 0.151 e. The number of aromatic nitrogens is 3. The Kier molecular flexibility index (Phi) is 4.57. The summed E-state index contributed by atoms with van der Waals surface area (Å²) in [5.74, 6) is 0.985. The molecule has 3 heterocycles. The third-order valence-corrected chi connectivity index (χ3v) is 4.81. The fraction of sp³-hybridized carbons (Fsp3) is 0.350. The number of fused-ring (bicyclic) bond motifs is 1. The lowest BCUT2D eigenvalue weighted by molar-refractivity contribution is 0.286. The molecule has 0 atom stereocenters. The van der Waals surface area contributed by atoms with E-state index >= 15 is 0 Å². The molecular formula is C20H23N5. The number of rotatable bonds is 3. The van der Waals surface area contributed by atoms with Crippen LogP contribution in [0.5, 0.6) is 0 Å². The van der Waals surface area contributed by atoms with E-state index in [1.165, 1.54) is 10.9 Å². The molecule has 0 amide bonds. The molecule has 0 bridgehead atoms. The summed E-state index contributed by atoms with van der Waals surface area (Å²) in [6, 6.07) is 14.7. The van der Waals surface area contributed by atoms with Gasteiger partial charge in [-0.15, -0.1) is 5.10 Å². The number of hydrogen-bond donors (Lipinski definition) is 0. The van der Waals surface area contributed by atoms with Crippen LogP contribution in [-0.2, 0) is 6.54 Å². The Balaban J connectivity index is 1.46. The molecule has 4 rings (SSSR count). The molecule has 128 valence electrons. The van der Waals surface area contributed by atoms with Crippen molar-refractivity contribution in [1.29, 1.82) is 0 Å². The highest BCUT2D eigenvalue weighted by Gasteiger charge is 2.17. The van der Waals surface area contributed by atoms with Crippen LogP contribution in [0.3, 0.4) is 0 Å². The molecule has 1 aliphatic heterocycles. The van der Waals surface area contributed by atoms with Crippen LogP contribution in [-0.4, -0.2) is 46.3 Å². The molecule has 0 unspecified atom stereocenters. The standard InChI is InChI=1S/C20H23N5/c1-16-8-9-19(23-22-16)25-12-4-11-24(13-14-25)15-18-6-2-5-17-7-3-10-21-20(17)18/h2-3,5-10H,4,11-15H2,1H3. The molecule has 2 aromatic heterocycles. The average molecular weight is 333 g/mol. The Hall–Kier alpha value is -2.53. The maximum atomic E-state index is 4.59. The number of nitrogens with zero attached hydrogens (tertiary/aromatic N) is 5. The Morgan fingerprint density at radius 2 is 1.84 bits per heavy atom. The number of pyridine rings is 1. The highest BCUT2D eigenvalue weighted by Crippen LogP contribution is 2.19. The SMILES string of the molecule is Cc1ccc(N2CCCN(Cc3cccc4cccnc34)CC2)nn1. The van der Waals surface area contributed by atoms with Crippen molar-refractivity contribution >= 4 is 16.7 Å². The zero-order valence-electron chi connectivity index (χ0n) is 14.6. The van der Waals surface area contributed by atoms with Gasteiger partial charge in [-0.05, 0) is 37.1 Å². The predicted octanol–water partition coefficient (Wildman–Crippen LogP) is 3.05. The fourth-order valence-electron chi connectivity index (χ4n) is 3.45. The Labute approximate surface area is 148 Å². The lowest BCUT2D eigenvalue weighted by Crippen LogP contribution is -2.31. The number of para-hydroxylation sites is 1. The molecule has 1 fully saturated rings. The van der Waals surface area contributed by atoms with Crippen molar-refractivity contribution in [2.75, 3.05) is 31.1 Å². The zero-order chi connectivity index (χ0) is 17.1. The van der Waals surface area contributed by atoms with Crippen LogP contribution in [0.1, 0.15) is 17.7 Å². The van der Waals surface area contributed by atoms with Crippen LogP contribution in [0.25, 0.3) is 10.9 Å². The number of anilines is 1. The molecule has 0 N–H and O–H groups in total. The lowest BCUT2D eigenvalue weighted by Gasteiger charge is -2.22. The van der Waals surface area contributed by atoms with Crippen LogP contribution < -0.4 is 4.90 Å². The number of hydrogen-bond acceptors (Lipinski definition) is 5.